The molecule has 0 heterocycles. The zero-order chi connectivity index (χ0) is 16.9. The van der Waals surface area contributed by atoms with Crippen LogP contribution in [0.2, 0.25) is 0 Å². The van der Waals surface area contributed by atoms with E-state index in [1.54, 1.807) is 24.3 Å². The maximum Gasteiger partial charge on any atom is 0.416 e. The van der Waals surface area contributed by atoms with E-state index >= 15 is 0 Å². The quantitative estimate of drug-likeness (QED) is 0.858. The van der Waals surface area contributed by atoms with Gasteiger partial charge in [-0.1, -0.05) is 6.07 Å². The van der Waals surface area contributed by atoms with Gasteiger partial charge in [-0.15, -0.1) is 0 Å². The molecule has 0 radical (unpaired) electrons. The molecular formula is C16H13F3N2O2. The van der Waals surface area contributed by atoms with Crippen molar-refractivity contribution >= 4 is 17.8 Å². The molecule has 0 spiro atoms. The molecule has 7 heteroatoms. The zero-order valence-corrected chi connectivity index (χ0v) is 11.9. The number of carbonyl (C=O) groups is 1. The van der Waals surface area contributed by atoms with E-state index in [0.717, 1.165) is 12.1 Å². The SMILES string of the molecule is NC(=O)COc1ccc(C=Nc2cccc(C(F)(F)F)c2)cc1. The average molecular weight is 322 g/mol. The monoisotopic (exact) mass is 322 g/mol. The first-order valence-corrected chi connectivity index (χ1v) is 6.57. The van der Waals surface area contributed by atoms with E-state index in [2.05, 4.69) is 4.99 Å². The molecule has 0 bridgehead atoms. The van der Waals surface area contributed by atoms with Gasteiger partial charge >= 0.3 is 6.18 Å². The van der Waals surface area contributed by atoms with Crippen molar-refractivity contribution in [3.05, 3.63) is 59.7 Å². The van der Waals surface area contributed by atoms with E-state index in [1.165, 1.54) is 18.3 Å². The molecule has 2 N–H and O–H groups in total. The highest BCUT2D eigenvalue weighted by Crippen LogP contribution is 2.31. The molecule has 0 saturated carbocycles. The predicted octanol–water partition coefficient (Wildman–Crippen LogP) is 3.32. The number of carbonyl (C=O) groups excluding carboxylic acids is 1. The predicted molar refractivity (Wildman–Crippen MR) is 79.8 cm³/mol. The molecule has 120 valence electrons. The normalized spacial score (nSPS) is 11.6. The number of alkyl halides is 3. The molecule has 4 nitrogen and oxygen atoms in total. The molecule has 2 rings (SSSR count). The molecular weight excluding hydrogens is 309 g/mol. The van der Waals surface area contributed by atoms with Crippen LogP contribution in [-0.4, -0.2) is 18.7 Å². The number of amides is 1. The summed E-state index contributed by atoms with van der Waals surface area (Å²) >= 11 is 0. The second-order valence-corrected chi connectivity index (χ2v) is 4.63. The minimum atomic E-state index is -4.40. The summed E-state index contributed by atoms with van der Waals surface area (Å²) in [6.45, 7) is -0.225. The lowest BCUT2D eigenvalue weighted by atomic mass is 10.2. The van der Waals surface area contributed by atoms with Crippen molar-refractivity contribution in [3.8, 4) is 5.75 Å². The second-order valence-electron chi connectivity index (χ2n) is 4.63. The third-order valence-corrected chi connectivity index (χ3v) is 2.80. The van der Waals surface area contributed by atoms with E-state index < -0.39 is 17.6 Å². The summed E-state index contributed by atoms with van der Waals surface area (Å²) in [5, 5.41) is 0. The molecule has 0 saturated heterocycles. The highest BCUT2D eigenvalue weighted by atomic mass is 19.4. The maximum absolute atomic E-state index is 12.6. The van der Waals surface area contributed by atoms with E-state index in [1.807, 2.05) is 0 Å². The fourth-order valence-corrected chi connectivity index (χ4v) is 1.72. The van der Waals surface area contributed by atoms with Crippen LogP contribution in [0.25, 0.3) is 0 Å². The Morgan fingerprint density at radius 1 is 1.17 bits per heavy atom. The Morgan fingerprint density at radius 2 is 1.87 bits per heavy atom. The smallest absolute Gasteiger partial charge is 0.416 e. The minimum absolute atomic E-state index is 0.203. The number of aliphatic imine (C=N–C) groups is 1. The molecule has 0 aliphatic rings. The number of hydrogen-bond acceptors (Lipinski definition) is 3. The lowest BCUT2D eigenvalue weighted by molar-refractivity contribution is -0.137. The van der Waals surface area contributed by atoms with Gasteiger partial charge in [-0.25, -0.2) is 0 Å². The molecule has 23 heavy (non-hydrogen) atoms. The van der Waals surface area contributed by atoms with Crippen LogP contribution in [0.4, 0.5) is 18.9 Å². The highest BCUT2D eigenvalue weighted by Gasteiger charge is 2.30. The first-order valence-electron chi connectivity index (χ1n) is 6.57. The van der Waals surface area contributed by atoms with Crippen LogP contribution in [0.1, 0.15) is 11.1 Å². The summed E-state index contributed by atoms with van der Waals surface area (Å²) in [5.74, 6) is -0.125. The van der Waals surface area contributed by atoms with Crippen molar-refractivity contribution in [2.75, 3.05) is 6.61 Å². The number of nitrogens with two attached hydrogens (primary N) is 1. The molecule has 0 aliphatic carbocycles. The van der Waals surface area contributed by atoms with Crippen molar-refractivity contribution in [2.45, 2.75) is 6.18 Å². The molecule has 0 unspecified atom stereocenters. The molecule has 1 amide bonds. The summed E-state index contributed by atoms with van der Waals surface area (Å²) in [7, 11) is 0. The van der Waals surface area contributed by atoms with Crippen LogP contribution < -0.4 is 10.5 Å². The minimum Gasteiger partial charge on any atom is -0.484 e. The zero-order valence-electron chi connectivity index (χ0n) is 11.9. The van der Waals surface area contributed by atoms with Crippen molar-refractivity contribution in [1.29, 1.82) is 0 Å². The van der Waals surface area contributed by atoms with Gasteiger partial charge in [0.05, 0.1) is 11.3 Å². The van der Waals surface area contributed by atoms with Crippen molar-refractivity contribution < 1.29 is 22.7 Å². The van der Waals surface area contributed by atoms with E-state index in [0.29, 0.717) is 11.3 Å². The van der Waals surface area contributed by atoms with Crippen LogP contribution >= 0.6 is 0 Å². The van der Waals surface area contributed by atoms with Gasteiger partial charge in [-0.3, -0.25) is 9.79 Å². The maximum atomic E-state index is 12.6. The van der Waals surface area contributed by atoms with Crippen molar-refractivity contribution in [3.63, 3.8) is 0 Å². The van der Waals surface area contributed by atoms with Crippen LogP contribution in [0.3, 0.4) is 0 Å². The third-order valence-electron chi connectivity index (χ3n) is 2.80. The van der Waals surface area contributed by atoms with Gasteiger partial charge in [0.25, 0.3) is 5.91 Å². The number of halogens is 3. The first-order chi connectivity index (χ1) is 10.8. The summed E-state index contributed by atoms with van der Waals surface area (Å²) < 4.78 is 42.9. The number of hydrogen-bond donors (Lipinski definition) is 1. The van der Waals surface area contributed by atoms with E-state index in [9.17, 15) is 18.0 Å². The first kappa shape index (κ1) is 16.5. The largest absolute Gasteiger partial charge is 0.484 e. The summed E-state index contributed by atoms with van der Waals surface area (Å²) in [6, 6.07) is 11.3. The molecule has 0 aliphatic heterocycles. The van der Waals surface area contributed by atoms with Crippen molar-refractivity contribution in [2.24, 2.45) is 10.7 Å². The van der Waals surface area contributed by atoms with Gasteiger partial charge < -0.3 is 10.5 Å². The Morgan fingerprint density at radius 3 is 2.48 bits per heavy atom. The number of primary amides is 1. The number of benzene rings is 2. The van der Waals surface area contributed by atoms with Gasteiger partial charge in [-0.05, 0) is 48.0 Å². The average Bonchev–Trinajstić information content (AvgIpc) is 2.51. The topological polar surface area (TPSA) is 64.7 Å². The van der Waals surface area contributed by atoms with Gasteiger partial charge in [0.15, 0.2) is 6.61 Å². The molecule has 0 atom stereocenters. The number of ether oxygens (including phenoxy) is 1. The molecule has 0 aromatic heterocycles. The number of rotatable bonds is 5. The molecule has 2 aromatic carbocycles. The summed E-state index contributed by atoms with van der Waals surface area (Å²) in [5.41, 5.74) is 5.09. The van der Waals surface area contributed by atoms with Crippen LogP contribution in [0.5, 0.6) is 5.75 Å². The second kappa shape index (κ2) is 6.95. The Hall–Kier alpha value is -2.83. The van der Waals surface area contributed by atoms with Gasteiger partial charge in [0, 0.05) is 6.21 Å². The van der Waals surface area contributed by atoms with Gasteiger partial charge in [0.2, 0.25) is 0 Å². The Labute approximate surface area is 130 Å². The van der Waals surface area contributed by atoms with E-state index in [-0.39, 0.29) is 12.3 Å². The Bertz CT molecular complexity index is 710. The van der Waals surface area contributed by atoms with Crippen molar-refractivity contribution in [1.82, 2.24) is 0 Å². The fraction of sp³-hybridized carbons (Fsp3) is 0.125. The third kappa shape index (κ3) is 5.14. The standard InChI is InChI=1S/C16H13F3N2O2/c17-16(18,19)12-2-1-3-13(8-12)21-9-11-4-6-14(7-5-11)23-10-15(20)22/h1-9H,10H2,(H2,20,22). The lowest BCUT2D eigenvalue weighted by Gasteiger charge is -2.06. The van der Waals surface area contributed by atoms with Crippen LogP contribution in [-0.2, 0) is 11.0 Å². The number of nitrogens with zero attached hydrogens (tertiary/aromatic N) is 1. The van der Waals surface area contributed by atoms with Gasteiger partial charge in [-0.2, -0.15) is 13.2 Å². The molecule has 0 fully saturated rings. The summed E-state index contributed by atoms with van der Waals surface area (Å²) in [6.07, 6.45) is -2.96. The Kier molecular flexibility index (Phi) is 5.00. The fourth-order valence-electron chi connectivity index (χ4n) is 1.72. The summed E-state index contributed by atoms with van der Waals surface area (Å²) in [4.78, 5) is 14.6. The Balaban J connectivity index is 2.07. The van der Waals surface area contributed by atoms with Gasteiger partial charge in [0.1, 0.15) is 5.75 Å². The van der Waals surface area contributed by atoms with E-state index in [4.69, 9.17) is 10.5 Å². The lowest BCUT2D eigenvalue weighted by Crippen LogP contribution is -2.19. The molecule has 2 aromatic rings. The van der Waals surface area contributed by atoms with Crippen LogP contribution in [0, 0.1) is 0 Å². The van der Waals surface area contributed by atoms with Crippen LogP contribution in [0.15, 0.2) is 53.5 Å². The highest BCUT2D eigenvalue weighted by molar-refractivity contribution is 5.82.